The smallest absolute Gasteiger partial charge is 0.275 e. The van der Waals surface area contributed by atoms with Gasteiger partial charge in [0.25, 0.3) is 17.4 Å². The van der Waals surface area contributed by atoms with Crippen molar-refractivity contribution in [3.05, 3.63) is 64.1 Å². The van der Waals surface area contributed by atoms with Gasteiger partial charge in [0.15, 0.2) is 0 Å². The predicted octanol–water partition coefficient (Wildman–Crippen LogP) is 0.480. The molecule has 144 valence electrons. The highest BCUT2D eigenvalue weighted by atomic mass is 32.2. The van der Waals surface area contributed by atoms with Crippen molar-refractivity contribution >= 4 is 21.8 Å². The molecule has 1 heterocycles. The van der Waals surface area contributed by atoms with Crippen LogP contribution in [0.1, 0.15) is 34.6 Å². The molecule has 0 aliphatic carbocycles. The van der Waals surface area contributed by atoms with E-state index < -0.39 is 27.4 Å². The lowest BCUT2D eigenvalue weighted by Gasteiger charge is -2.18. The van der Waals surface area contributed by atoms with E-state index in [1.807, 2.05) is 0 Å². The number of nitrogens with one attached hydrogen (secondary N) is 3. The number of hydrazine groups is 1. The fraction of sp³-hybridized carbons (Fsp3) is 0.235. The molecule has 3 N–H and O–H groups in total. The summed E-state index contributed by atoms with van der Waals surface area (Å²) in [5.41, 5.74) is 3.56. The Morgan fingerprint density at radius 1 is 1.04 bits per heavy atom. The first-order chi connectivity index (χ1) is 12.8. The van der Waals surface area contributed by atoms with E-state index in [0.29, 0.717) is 13.1 Å². The minimum Gasteiger partial charge on any atom is -0.328 e. The Kier molecular flexibility index (Phi) is 6.48. The Bertz CT molecular complexity index is 996. The third-order valence-corrected chi connectivity index (χ3v) is 5.84. The molecule has 0 fully saturated rings. The normalized spacial score (nSPS) is 11.2. The molecule has 9 nitrogen and oxygen atoms in total. The minimum atomic E-state index is -3.72. The topological polar surface area (TPSA) is 128 Å². The van der Waals surface area contributed by atoms with Crippen LogP contribution in [0.15, 0.2) is 52.3 Å². The highest BCUT2D eigenvalue weighted by Crippen LogP contribution is 2.16. The number of hydrogen-bond donors (Lipinski definition) is 3. The van der Waals surface area contributed by atoms with Gasteiger partial charge in [-0.1, -0.05) is 19.9 Å². The van der Waals surface area contributed by atoms with Crippen LogP contribution in [0.3, 0.4) is 0 Å². The molecule has 0 unspecified atom stereocenters. The molecule has 0 atom stereocenters. The van der Waals surface area contributed by atoms with Crippen molar-refractivity contribution in [3.63, 3.8) is 0 Å². The summed E-state index contributed by atoms with van der Waals surface area (Å²) in [6.45, 7) is 4.05. The lowest BCUT2D eigenvalue weighted by atomic mass is 10.2. The first-order valence-electron chi connectivity index (χ1n) is 8.19. The van der Waals surface area contributed by atoms with E-state index in [4.69, 9.17) is 0 Å². The van der Waals surface area contributed by atoms with Gasteiger partial charge in [0, 0.05) is 24.8 Å². The zero-order valence-corrected chi connectivity index (χ0v) is 15.7. The lowest BCUT2D eigenvalue weighted by Crippen LogP contribution is -2.43. The van der Waals surface area contributed by atoms with Gasteiger partial charge in [-0.2, -0.15) is 4.31 Å². The molecule has 0 spiro atoms. The minimum absolute atomic E-state index is 0.0234. The van der Waals surface area contributed by atoms with Gasteiger partial charge in [0.05, 0.1) is 4.90 Å². The Labute approximate surface area is 156 Å². The Balaban J connectivity index is 2.15. The number of rotatable bonds is 6. The van der Waals surface area contributed by atoms with Crippen LogP contribution in [-0.2, 0) is 10.0 Å². The zero-order valence-electron chi connectivity index (χ0n) is 14.9. The van der Waals surface area contributed by atoms with Crippen molar-refractivity contribution in [2.75, 3.05) is 13.1 Å². The van der Waals surface area contributed by atoms with Crippen LogP contribution < -0.4 is 16.4 Å². The number of carbonyl (C=O) groups excluding carboxylic acids is 2. The van der Waals surface area contributed by atoms with Gasteiger partial charge < -0.3 is 4.98 Å². The van der Waals surface area contributed by atoms with Crippen LogP contribution in [0.5, 0.6) is 0 Å². The number of hydrogen-bond acceptors (Lipinski definition) is 5. The van der Waals surface area contributed by atoms with Crippen molar-refractivity contribution in [1.29, 1.82) is 0 Å². The lowest BCUT2D eigenvalue weighted by molar-refractivity contribution is 0.0845. The SMILES string of the molecule is CCN(CC)S(=O)(=O)c1cccc(C(=O)NNC(=O)c2ccc[nH]c2=O)c1. The number of aromatic nitrogens is 1. The number of amides is 2. The molecule has 1 aromatic heterocycles. The van der Waals surface area contributed by atoms with Crippen molar-refractivity contribution in [1.82, 2.24) is 20.1 Å². The Morgan fingerprint density at radius 3 is 2.33 bits per heavy atom. The summed E-state index contributed by atoms with van der Waals surface area (Å²) in [6.07, 6.45) is 1.37. The molecule has 2 rings (SSSR count). The maximum absolute atomic E-state index is 12.5. The third kappa shape index (κ3) is 4.60. The second-order valence-electron chi connectivity index (χ2n) is 5.44. The number of nitrogens with zero attached hydrogens (tertiary/aromatic N) is 1. The molecule has 0 radical (unpaired) electrons. The molecule has 0 saturated heterocycles. The van der Waals surface area contributed by atoms with E-state index in [-0.39, 0.29) is 16.0 Å². The first kappa shape index (κ1) is 20.3. The average molecular weight is 392 g/mol. The standard InChI is InChI=1S/C17H20N4O5S/c1-3-21(4-2)27(25,26)13-8-5-7-12(11-13)15(22)19-20-17(24)14-9-6-10-18-16(14)23/h5-11H,3-4H2,1-2H3,(H,18,23)(H,19,22)(H,20,24). The van der Waals surface area contributed by atoms with Crippen LogP contribution in [0.4, 0.5) is 0 Å². The molecule has 0 saturated carbocycles. The van der Waals surface area contributed by atoms with Crippen molar-refractivity contribution in [2.45, 2.75) is 18.7 Å². The number of carbonyl (C=O) groups is 2. The van der Waals surface area contributed by atoms with Crippen LogP contribution in [0.25, 0.3) is 0 Å². The largest absolute Gasteiger partial charge is 0.328 e. The van der Waals surface area contributed by atoms with Gasteiger partial charge in [0.1, 0.15) is 5.56 Å². The van der Waals surface area contributed by atoms with Gasteiger partial charge in [0.2, 0.25) is 10.0 Å². The number of H-pyrrole nitrogens is 1. The summed E-state index contributed by atoms with van der Waals surface area (Å²) in [5.74, 6) is -1.51. The highest BCUT2D eigenvalue weighted by molar-refractivity contribution is 7.89. The summed E-state index contributed by atoms with van der Waals surface area (Å²) in [6, 6.07) is 8.25. The monoisotopic (exact) mass is 392 g/mol. The fourth-order valence-electron chi connectivity index (χ4n) is 2.36. The van der Waals surface area contributed by atoms with Crippen molar-refractivity contribution in [3.8, 4) is 0 Å². The first-order valence-corrected chi connectivity index (χ1v) is 9.63. The van der Waals surface area contributed by atoms with E-state index in [2.05, 4.69) is 15.8 Å². The van der Waals surface area contributed by atoms with E-state index in [1.165, 1.54) is 46.9 Å². The molecule has 2 amide bonds. The molecule has 2 aromatic rings. The molecule has 27 heavy (non-hydrogen) atoms. The third-order valence-electron chi connectivity index (χ3n) is 3.79. The summed E-state index contributed by atoms with van der Waals surface area (Å²) < 4.78 is 26.4. The molecular weight excluding hydrogens is 372 g/mol. The zero-order chi connectivity index (χ0) is 20.0. The second kappa shape index (κ2) is 8.60. The summed E-state index contributed by atoms with van der Waals surface area (Å²) in [4.78, 5) is 38.1. The molecule has 1 aromatic carbocycles. The quantitative estimate of drug-likeness (QED) is 0.616. The fourth-order valence-corrected chi connectivity index (χ4v) is 3.87. The van der Waals surface area contributed by atoms with E-state index in [0.717, 1.165) is 0 Å². The predicted molar refractivity (Wildman–Crippen MR) is 98.5 cm³/mol. The number of pyridine rings is 1. The summed E-state index contributed by atoms with van der Waals surface area (Å²) >= 11 is 0. The molecule has 0 aliphatic rings. The van der Waals surface area contributed by atoms with Crippen LogP contribution in [-0.4, -0.2) is 42.6 Å². The van der Waals surface area contributed by atoms with Crippen molar-refractivity contribution < 1.29 is 18.0 Å². The molecule has 0 aliphatic heterocycles. The average Bonchev–Trinajstić information content (AvgIpc) is 2.67. The summed E-state index contributed by atoms with van der Waals surface area (Å²) in [7, 11) is -3.72. The maximum atomic E-state index is 12.5. The molecule has 0 bridgehead atoms. The number of benzene rings is 1. The molecular formula is C17H20N4O5S. The summed E-state index contributed by atoms with van der Waals surface area (Å²) in [5, 5.41) is 0. The van der Waals surface area contributed by atoms with Crippen LogP contribution in [0.2, 0.25) is 0 Å². The highest BCUT2D eigenvalue weighted by Gasteiger charge is 2.22. The number of sulfonamides is 1. The van der Waals surface area contributed by atoms with Gasteiger partial charge >= 0.3 is 0 Å². The molecule has 10 heteroatoms. The van der Waals surface area contributed by atoms with Gasteiger partial charge in [-0.25, -0.2) is 8.42 Å². The van der Waals surface area contributed by atoms with Crippen LogP contribution in [0, 0.1) is 0 Å². The number of aromatic amines is 1. The van der Waals surface area contributed by atoms with E-state index in [1.54, 1.807) is 13.8 Å². The van der Waals surface area contributed by atoms with Gasteiger partial charge in [-0.15, -0.1) is 0 Å². The van der Waals surface area contributed by atoms with Gasteiger partial charge in [-0.05, 0) is 30.3 Å². The Hall–Kier alpha value is -2.98. The second-order valence-corrected chi connectivity index (χ2v) is 7.38. The van der Waals surface area contributed by atoms with E-state index in [9.17, 15) is 22.8 Å². The van der Waals surface area contributed by atoms with E-state index >= 15 is 0 Å². The Morgan fingerprint density at radius 2 is 1.70 bits per heavy atom. The van der Waals surface area contributed by atoms with Crippen molar-refractivity contribution in [2.24, 2.45) is 0 Å². The van der Waals surface area contributed by atoms with Crippen LogP contribution >= 0.6 is 0 Å². The van der Waals surface area contributed by atoms with Gasteiger partial charge in [-0.3, -0.25) is 25.2 Å². The maximum Gasteiger partial charge on any atom is 0.275 e.